The Morgan fingerprint density at radius 3 is 2.67 bits per heavy atom. The molecule has 0 saturated heterocycles. The number of aromatic nitrogens is 2. The first kappa shape index (κ1) is 15.5. The van der Waals surface area contributed by atoms with Crippen molar-refractivity contribution in [2.45, 2.75) is 32.7 Å². The maximum atomic E-state index is 13.8. The van der Waals surface area contributed by atoms with Crippen LogP contribution in [0, 0.1) is 18.6 Å². The van der Waals surface area contributed by atoms with Crippen LogP contribution in [0.1, 0.15) is 35.5 Å². The predicted octanol–water partition coefficient (Wildman–Crippen LogP) is 2.37. The van der Waals surface area contributed by atoms with Crippen molar-refractivity contribution in [1.82, 2.24) is 15.6 Å². The van der Waals surface area contributed by atoms with Crippen LogP contribution in [0.5, 0.6) is 0 Å². The van der Waals surface area contributed by atoms with Crippen LogP contribution >= 0.6 is 0 Å². The van der Waals surface area contributed by atoms with Gasteiger partial charge in [0.25, 0.3) is 0 Å². The Bertz CT molecular complexity index is 631. The third kappa shape index (κ3) is 3.59. The zero-order chi connectivity index (χ0) is 15.4. The van der Waals surface area contributed by atoms with Gasteiger partial charge in [-0.1, -0.05) is 6.92 Å². The Balaban J connectivity index is 2.36. The normalized spacial score (nSPS) is 12.4. The van der Waals surface area contributed by atoms with Crippen molar-refractivity contribution >= 4 is 0 Å². The van der Waals surface area contributed by atoms with Gasteiger partial charge in [0, 0.05) is 0 Å². The summed E-state index contributed by atoms with van der Waals surface area (Å²) in [5.41, 5.74) is 5.33. The van der Waals surface area contributed by atoms with Crippen molar-refractivity contribution in [3.8, 4) is 0 Å². The van der Waals surface area contributed by atoms with Crippen LogP contribution < -0.4 is 11.3 Å². The Morgan fingerprint density at radius 1 is 1.24 bits per heavy atom. The molecule has 112 valence electrons. The van der Waals surface area contributed by atoms with E-state index in [1.54, 1.807) is 0 Å². The van der Waals surface area contributed by atoms with E-state index in [2.05, 4.69) is 15.6 Å². The quantitative estimate of drug-likeness (QED) is 0.656. The SMILES string of the molecule is CCc1nnc(C)cc1C(Cc1cc(F)ccc1F)NN. The van der Waals surface area contributed by atoms with Crippen molar-refractivity contribution in [2.24, 2.45) is 5.84 Å². The number of hydrazine groups is 1. The molecule has 0 spiro atoms. The monoisotopic (exact) mass is 292 g/mol. The first-order valence-corrected chi connectivity index (χ1v) is 6.78. The van der Waals surface area contributed by atoms with E-state index in [1.807, 2.05) is 19.9 Å². The highest BCUT2D eigenvalue weighted by Gasteiger charge is 2.18. The van der Waals surface area contributed by atoms with Crippen LogP contribution in [-0.2, 0) is 12.8 Å². The highest BCUT2D eigenvalue weighted by Crippen LogP contribution is 2.23. The fourth-order valence-electron chi connectivity index (χ4n) is 2.29. The summed E-state index contributed by atoms with van der Waals surface area (Å²) in [6.45, 7) is 3.78. The standard InChI is InChI=1S/C15H18F2N4/c1-3-14-12(6-9(2)20-21-14)15(19-18)8-10-7-11(16)4-5-13(10)17/h4-7,15,19H,3,8,18H2,1-2H3. The molecule has 1 aromatic carbocycles. The highest BCUT2D eigenvalue weighted by molar-refractivity contribution is 5.28. The van der Waals surface area contributed by atoms with Gasteiger partial charge in [0.1, 0.15) is 11.6 Å². The Kier molecular flexibility index (Phi) is 4.93. The van der Waals surface area contributed by atoms with E-state index in [0.29, 0.717) is 6.42 Å². The van der Waals surface area contributed by atoms with Crippen LogP contribution in [-0.4, -0.2) is 10.2 Å². The molecule has 1 heterocycles. The van der Waals surface area contributed by atoms with Gasteiger partial charge in [-0.15, -0.1) is 0 Å². The summed E-state index contributed by atoms with van der Waals surface area (Å²) in [5.74, 6) is 4.68. The lowest BCUT2D eigenvalue weighted by Crippen LogP contribution is -2.31. The summed E-state index contributed by atoms with van der Waals surface area (Å²) < 4.78 is 27.1. The molecule has 3 N–H and O–H groups in total. The van der Waals surface area contributed by atoms with Gasteiger partial charge in [-0.05, 0) is 55.2 Å². The van der Waals surface area contributed by atoms with Crippen LogP contribution in [0.15, 0.2) is 24.3 Å². The smallest absolute Gasteiger partial charge is 0.126 e. The predicted molar refractivity (Wildman–Crippen MR) is 76.3 cm³/mol. The maximum Gasteiger partial charge on any atom is 0.126 e. The van der Waals surface area contributed by atoms with Crippen molar-refractivity contribution < 1.29 is 8.78 Å². The van der Waals surface area contributed by atoms with Gasteiger partial charge in [0.2, 0.25) is 0 Å². The van der Waals surface area contributed by atoms with E-state index in [1.165, 1.54) is 6.07 Å². The van der Waals surface area contributed by atoms with Crippen molar-refractivity contribution in [1.29, 1.82) is 0 Å². The fraction of sp³-hybridized carbons (Fsp3) is 0.333. The van der Waals surface area contributed by atoms with Crippen LogP contribution in [0.4, 0.5) is 8.78 Å². The molecule has 0 aliphatic carbocycles. The first-order chi connectivity index (χ1) is 10.0. The van der Waals surface area contributed by atoms with Gasteiger partial charge in [-0.3, -0.25) is 11.3 Å². The minimum atomic E-state index is -0.470. The molecule has 0 bridgehead atoms. The fourth-order valence-corrected chi connectivity index (χ4v) is 2.29. The number of nitrogens with zero attached hydrogens (tertiary/aromatic N) is 2. The molecule has 6 heteroatoms. The first-order valence-electron chi connectivity index (χ1n) is 6.78. The van der Waals surface area contributed by atoms with Crippen molar-refractivity contribution in [3.05, 3.63) is 58.4 Å². The summed E-state index contributed by atoms with van der Waals surface area (Å²) in [4.78, 5) is 0. The van der Waals surface area contributed by atoms with Crippen LogP contribution in [0.2, 0.25) is 0 Å². The van der Waals surface area contributed by atoms with Crippen LogP contribution in [0.3, 0.4) is 0 Å². The molecule has 1 aromatic heterocycles. The highest BCUT2D eigenvalue weighted by atomic mass is 19.1. The number of rotatable bonds is 5. The van der Waals surface area contributed by atoms with Gasteiger partial charge in [0.15, 0.2) is 0 Å². The topological polar surface area (TPSA) is 63.8 Å². The molecular weight excluding hydrogens is 274 g/mol. The zero-order valence-corrected chi connectivity index (χ0v) is 12.0. The lowest BCUT2D eigenvalue weighted by molar-refractivity contribution is 0.516. The van der Waals surface area contributed by atoms with Gasteiger partial charge in [-0.25, -0.2) is 8.78 Å². The van der Waals surface area contributed by atoms with Crippen molar-refractivity contribution in [3.63, 3.8) is 0 Å². The second-order valence-corrected chi connectivity index (χ2v) is 4.90. The molecule has 0 fully saturated rings. The number of hydrogen-bond acceptors (Lipinski definition) is 4. The lowest BCUT2D eigenvalue weighted by Gasteiger charge is -2.19. The summed E-state index contributed by atoms with van der Waals surface area (Å²) in [7, 11) is 0. The minimum absolute atomic E-state index is 0.234. The summed E-state index contributed by atoms with van der Waals surface area (Å²) in [6, 6.07) is 4.92. The molecule has 0 radical (unpaired) electrons. The third-order valence-electron chi connectivity index (χ3n) is 3.37. The molecule has 2 aromatic rings. The van der Waals surface area contributed by atoms with E-state index in [0.717, 1.165) is 29.1 Å². The van der Waals surface area contributed by atoms with E-state index < -0.39 is 11.6 Å². The summed E-state index contributed by atoms with van der Waals surface area (Å²) in [6.07, 6.45) is 0.921. The molecular formula is C15H18F2N4. The summed E-state index contributed by atoms with van der Waals surface area (Å²) in [5, 5.41) is 8.15. The molecule has 21 heavy (non-hydrogen) atoms. The Hall–Kier alpha value is -1.92. The number of benzene rings is 1. The average Bonchev–Trinajstić information content (AvgIpc) is 2.48. The zero-order valence-electron chi connectivity index (χ0n) is 12.0. The maximum absolute atomic E-state index is 13.8. The third-order valence-corrected chi connectivity index (χ3v) is 3.37. The molecule has 0 aliphatic rings. The molecule has 2 rings (SSSR count). The molecule has 1 unspecified atom stereocenters. The number of nitrogens with one attached hydrogen (secondary N) is 1. The second-order valence-electron chi connectivity index (χ2n) is 4.90. The molecule has 0 amide bonds. The number of aryl methyl sites for hydroxylation is 2. The van der Waals surface area contributed by atoms with Gasteiger partial charge >= 0.3 is 0 Å². The Labute approximate surface area is 122 Å². The van der Waals surface area contributed by atoms with E-state index in [9.17, 15) is 8.78 Å². The van der Waals surface area contributed by atoms with E-state index in [-0.39, 0.29) is 18.0 Å². The van der Waals surface area contributed by atoms with Gasteiger partial charge in [0.05, 0.1) is 17.4 Å². The molecule has 0 aliphatic heterocycles. The van der Waals surface area contributed by atoms with E-state index >= 15 is 0 Å². The molecule has 4 nitrogen and oxygen atoms in total. The number of hydrogen-bond donors (Lipinski definition) is 2. The Morgan fingerprint density at radius 2 is 2.00 bits per heavy atom. The number of halogens is 2. The van der Waals surface area contributed by atoms with Gasteiger partial charge < -0.3 is 0 Å². The van der Waals surface area contributed by atoms with Gasteiger partial charge in [-0.2, -0.15) is 10.2 Å². The van der Waals surface area contributed by atoms with Crippen LogP contribution in [0.25, 0.3) is 0 Å². The minimum Gasteiger partial charge on any atom is -0.271 e. The summed E-state index contributed by atoms with van der Waals surface area (Å²) >= 11 is 0. The number of nitrogens with two attached hydrogens (primary N) is 1. The average molecular weight is 292 g/mol. The van der Waals surface area contributed by atoms with Crippen molar-refractivity contribution in [2.75, 3.05) is 0 Å². The van der Waals surface area contributed by atoms with E-state index in [4.69, 9.17) is 5.84 Å². The largest absolute Gasteiger partial charge is 0.271 e. The lowest BCUT2D eigenvalue weighted by atomic mass is 9.96. The molecule has 1 atom stereocenters. The molecule has 0 saturated carbocycles. The second kappa shape index (κ2) is 6.69.